The summed E-state index contributed by atoms with van der Waals surface area (Å²) in [5.41, 5.74) is -1.06. The van der Waals surface area contributed by atoms with Crippen molar-refractivity contribution in [2.45, 2.75) is 101 Å². The maximum atomic E-state index is 12.7. The largest absolute Gasteiger partial charge is 0.353 e. The summed E-state index contributed by atoms with van der Waals surface area (Å²) in [5.74, 6) is 0. The molecule has 4 aliphatic heterocycles. The van der Waals surface area contributed by atoms with Crippen molar-refractivity contribution in [2.75, 3.05) is 26.4 Å². The average molecular weight is 497 g/mol. The topological polar surface area (TPSA) is 119 Å². The molecule has 0 aromatic carbocycles. The van der Waals surface area contributed by atoms with Crippen molar-refractivity contribution < 1.29 is 33.2 Å². The molecule has 11 heteroatoms. The molecule has 0 radical (unpaired) electrons. The molecule has 5 rings (SSSR count). The molecule has 7 atom stereocenters. The van der Waals surface area contributed by atoms with Gasteiger partial charge in [0.25, 0.3) is 5.56 Å². The Morgan fingerprint density at radius 3 is 2.00 bits per heavy atom. The summed E-state index contributed by atoms with van der Waals surface area (Å²) in [5, 5.41) is 0. The number of ether oxygens (including phenoxy) is 7. The fourth-order valence-corrected chi connectivity index (χ4v) is 5.04. The van der Waals surface area contributed by atoms with E-state index in [1.165, 1.54) is 16.8 Å². The van der Waals surface area contributed by atoms with Gasteiger partial charge < -0.3 is 33.2 Å². The van der Waals surface area contributed by atoms with Crippen LogP contribution in [0.3, 0.4) is 0 Å². The first-order valence-corrected chi connectivity index (χ1v) is 12.9. The minimum absolute atomic E-state index is 0.210. The SMILES string of the molecule is O=c1ccn([C@@H]2O[C@H](COC3CCCCO3)[C@@H](OC3CCCCO3)[C@H]2OC2CCCCO2)c(=O)[nH]1. The molecule has 0 aliphatic carbocycles. The molecule has 1 N–H and O–H groups in total. The monoisotopic (exact) mass is 496 g/mol. The van der Waals surface area contributed by atoms with Crippen LogP contribution in [0.4, 0.5) is 0 Å². The van der Waals surface area contributed by atoms with Crippen LogP contribution in [0, 0.1) is 0 Å². The van der Waals surface area contributed by atoms with E-state index in [9.17, 15) is 9.59 Å². The number of H-pyrrole nitrogens is 1. The summed E-state index contributed by atoms with van der Waals surface area (Å²) in [4.78, 5) is 26.7. The number of nitrogens with one attached hydrogen (secondary N) is 1. The van der Waals surface area contributed by atoms with Gasteiger partial charge in [0.1, 0.15) is 18.3 Å². The summed E-state index contributed by atoms with van der Waals surface area (Å²) in [6.45, 7) is 2.13. The fraction of sp³-hybridized carbons (Fsp3) is 0.833. The zero-order valence-electron chi connectivity index (χ0n) is 20.0. The maximum Gasteiger partial charge on any atom is 0.330 e. The van der Waals surface area contributed by atoms with E-state index in [2.05, 4.69) is 4.98 Å². The van der Waals surface area contributed by atoms with Gasteiger partial charge in [-0.15, -0.1) is 0 Å². The van der Waals surface area contributed by atoms with Gasteiger partial charge in [-0.05, 0) is 57.8 Å². The molecule has 4 saturated heterocycles. The van der Waals surface area contributed by atoms with Gasteiger partial charge in [0.15, 0.2) is 25.1 Å². The third kappa shape index (κ3) is 6.40. The van der Waals surface area contributed by atoms with Gasteiger partial charge in [0.05, 0.1) is 6.61 Å². The van der Waals surface area contributed by atoms with Crippen LogP contribution < -0.4 is 11.2 Å². The summed E-state index contributed by atoms with van der Waals surface area (Å²) in [6.07, 6.45) is 6.07. The van der Waals surface area contributed by atoms with Gasteiger partial charge in [0.2, 0.25) is 0 Å². The van der Waals surface area contributed by atoms with E-state index >= 15 is 0 Å². The van der Waals surface area contributed by atoms with E-state index in [1.807, 2.05) is 0 Å². The molecule has 0 amide bonds. The summed E-state index contributed by atoms with van der Waals surface area (Å²) >= 11 is 0. The third-order valence-electron chi connectivity index (χ3n) is 6.89. The van der Waals surface area contributed by atoms with Crippen LogP contribution in [-0.2, 0) is 33.2 Å². The molecule has 0 spiro atoms. The van der Waals surface area contributed by atoms with Gasteiger partial charge in [-0.2, -0.15) is 0 Å². The molecule has 4 fully saturated rings. The lowest BCUT2D eigenvalue weighted by Gasteiger charge is -2.34. The van der Waals surface area contributed by atoms with E-state index in [-0.39, 0.29) is 12.9 Å². The van der Waals surface area contributed by atoms with Crippen LogP contribution >= 0.6 is 0 Å². The standard InChI is InChI=1S/C24H36N2O9/c27-17-10-11-26(24(28)25-17)23-22(35-20-9-3-6-14-31-20)21(34-19-8-2-5-13-30-19)16(33-23)15-32-18-7-1-4-12-29-18/h10-11,16,18-23H,1-9,12-15H2,(H,25,27,28)/t16-,18?,19?,20?,21-,22-,23-/m1/s1. The maximum absolute atomic E-state index is 12.7. The summed E-state index contributed by atoms with van der Waals surface area (Å²) in [7, 11) is 0. The average Bonchev–Trinajstić information content (AvgIpc) is 3.21. The molecule has 0 saturated carbocycles. The van der Waals surface area contributed by atoms with E-state index in [4.69, 9.17) is 33.2 Å². The van der Waals surface area contributed by atoms with E-state index < -0.39 is 48.4 Å². The number of hydrogen-bond donors (Lipinski definition) is 1. The van der Waals surface area contributed by atoms with Crippen molar-refractivity contribution >= 4 is 0 Å². The quantitative estimate of drug-likeness (QED) is 0.574. The molecule has 35 heavy (non-hydrogen) atoms. The Hall–Kier alpha value is -1.60. The lowest BCUT2D eigenvalue weighted by molar-refractivity contribution is -0.251. The Kier molecular flexibility index (Phi) is 8.66. The first-order chi connectivity index (χ1) is 17.2. The highest BCUT2D eigenvalue weighted by Crippen LogP contribution is 2.37. The predicted octanol–water partition coefficient (Wildman–Crippen LogP) is 1.80. The van der Waals surface area contributed by atoms with Gasteiger partial charge in [-0.3, -0.25) is 14.3 Å². The molecule has 0 bridgehead atoms. The van der Waals surface area contributed by atoms with Crippen molar-refractivity contribution in [1.82, 2.24) is 9.55 Å². The molecule has 4 aliphatic rings. The fourth-order valence-electron chi connectivity index (χ4n) is 5.04. The minimum atomic E-state index is -0.834. The molecule has 11 nitrogen and oxygen atoms in total. The number of hydrogen-bond acceptors (Lipinski definition) is 9. The molecule has 196 valence electrons. The summed E-state index contributed by atoms with van der Waals surface area (Å²) in [6, 6.07) is 1.29. The highest BCUT2D eigenvalue weighted by atomic mass is 16.7. The van der Waals surface area contributed by atoms with Crippen molar-refractivity contribution in [2.24, 2.45) is 0 Å². The molecular formula is C24H36N2O9. The Balaban J connectivity index is 1.40. The zero-order valence-corrected chi connectivity index (χ0v) is 20.0. The van der Waals surface area contributed by atoms with E-state index in [1.54, 1.807) is 0 Å². The van der Waals surface area contributed by atoms with Gasteiger partial charge >= 0.3 is 5.69 Å². The Bertz CT molecular complexity index is 903. The second-order valence-electron chi connectivity index (χ2n) is 9.51. The number of nitrogens with zero attached hydrogens (tertiary/aromatic N) is 1. The van der Waals surface area contributed by atoms with Crippen LogP contribution in [0.15, 0.2) is 21.9 Å². The molecule has 3 unspecified atom stereocenters. The second kappa shape index (κ2) is 12.1. The molecular weight excluding hydrogens is 460 g/mol. The normalized spacial score (nSPS) is 36.3. The molecule has 1 aromatic heterocycles. The van der Waals surface area contributed by atoms with Crippen LogP contribution in [0.25, 0.3) is 0 Å². The van der Waals surface area contributed by atoms with Crippen molar-refractivity contribution in [1.29, 1.82) is 0 Å². The van der Waals surface area contributed by atoms with Crippen molar-refractivity contribution in [3.8, 4) is 0 Å². The summed E-state index contributed by atoms with van der Waals surface area (Å²) < 4.78 is 44.0. The van der Waals surface area contributed by atoms with Gasteiger partial charge in [-0.1, -0.05) is 0 Å². The third-order valence-corrected chi connectivity index (χ3v) is 6.89. The first-order valence-electron chi connectivity index (χ1n) is 12.9. The molecule has 5 heterocycles. The number of rotatable bonds is 8. The minimum Gasteiger partial charge on any atom is -0.353 e. The lowest BCUT2D eigenvalue weighted by Crippen LogP contribution is -2.45. The smallest absolute Gasteiger partial charge is 0.330 e. The van der Waals surface area contributed by atoms with Gasteiger partial charge in [0, 0.05) is 32.1 Å². The van der Waals surface area contributed by atoms with Crippen LogP contribution in [-0.4, -0.2) is 73.2 Å². The van der Waals surface area contributed by atoms with E-state index in [0.29, 0.717) is 19.8 Å². The lowest BCUT2D eigenvalue weighted by atomic mass is 10.1. The highest BCUT2D eigenvalue weighted by molar-refractivity contribution is 4.96. The van der Waals surface area contributed by atoms with Gasteiger partial charge in [-0.25, -0.2) is 4.79 Å². The van der Waals surface area contributed by atoms with Crippen LogP contribution in [0.2, 0.25) is 0 Å². The number of aromatic amines is 1. The van der Waals surface area contributed by atoms with Crippen molar-refractivity contribution in [3.05, 3.63) is 33.1 Å². The Morgan fingerprint density at radius 2 is 1.43 bits per heavy atom. The number of aromatic nitrogens is 2. The van der Waals surface area contributed by atoms with Crippen LogP contribution in [0.5, 0.6) is 0 Å². The van der Waals surface area contributed by atoms with Crippen LogP contribution in [0.1, 0.15) is 64.0 Å². The Labute approximate surface area is 203 Å². The predicted molar refractivity (Wildman–Crippen MR) is 122 cm³/mol. The first kappa shape index (κ1) is 25.1. The van der Waals surface area contributed by atoms with E-state index in [0.717, 1.165) is 57.8 Å². The second-order valence-corrected chi connectivity index (χ2v) is 9.51. The Morgan fingerprint density at radius 1 is 0.829 bits per heavy atom. The highest BCUT2D eigenvalue weighted by Gasteiger charge is 2.50. The molecule has 1 aromatic rings. The van der Waals surface area contributed by atoms with Crippen molar-refractivity contribution in [3.63, 3.8) is 0 Å². The zero-order chi connectivity index (χ0) is 24.0.